The fourth-order valence-corrected chi connectivity index (χ4v) is 2.06. The zero-order valence-electron chi connectivity index (χ0n) is 8.31. The highest BCUT2D eigenvalue weighted by atomic mass is 79.9. The molecule has 80 valence electrons. The molecule has 0 amide bonds. The van der Waals surface area contributed by atoms with E-state index in [1.54, 1.807) is 12.3 Å². The van der Waals surface area contributed by atoms with Gasteiger partial charge in [0.1, 0.15) is 16.2 Å². The van der Waals surface area contributed by atoms with E-state index in [2.05, 4.69) is 20.9 Å². The second kappa shape index (κ2) is 3.83. The number of halogens is 1. The number of aromatic nitrogens is 2. The van der Waals surface area contributed by atoms with Gasteiger partial charge in [-0.05, 0) is 35.0 Å². The zero-order valence-corrected chi connectivity index (χ0v) is 9.90. The number of nitrogens with two attached hydrogens (primary N) is 1. The number of nitrogens with zero attached hydrogens (tertiary/aromatic N) is 2. The lowest BCUT2D eigenvalue weighted by Gasteiger charge is -2.04. The highest BCUT2D eigenvalue weighted by Gasteiger charge is 2.10. The van der Waals surface area contributed by atoms with Gasteiger partial charge in [0.25, 0.3) is 0 Å². The van der Waals surface area contributed by atoms with Gasteiger partial charge in [0, 0.05) is 12.5 Å². The number of imidazole rings is 1. The Bertz CT molecular complexity index is 493. The standard InChI is InChI=1S/C10H12BrN3O/c1-6(12)4-9-13-10(11)8-3-2-7(15)5-14(8)9/h2-3,5-6,15H,4,12H2,1H3. The summed E-state index contributed by atoms with van der Waals surface area (Å²) in [6.07, 6.45) is 2.32. The van der Waals surface area contributed by atoms with Crippen LogP contribution in [-0.4, -0.2) is 20.5 Å². The SMILES string of the molecule is CC(N)Cc1nc(Br)c2ccc(O)cn12. The number of rotatable bonds is 2. The maximum absolute atomic E-state index is 9.40. The van der Waals surface area contributed by atoms with Crippen LogP contribution in [0, 0.1) is 0 Å². The molecule has 0 aliphatic heterocycles. The van der Waals surface area contributed by atoms with Crippen LogP contribution in [0.2, 0.25) is 0 Å². The summed E-state index contributed by atoms with van der Waals surface area (Å²) in [7, 11) is 0. The van der Waals surface area contributed by atoms with Crippen molar-refractivity contribution in [2.24, 2.45) is 5.73 Å². The van der Waals surface area contributed by atoms with Crippen LogP contribution in [-0.2, 0) is 6.42 Å². The maximum Gasteiger partial charge on any atom is 0.132 e. The first-order valence-corrected chi connectivity index (χ1v) is 5.48. The number of pyridine rings is 1. The molecule has 0 aromatic carbocycles. The molecule has 2 heterocycles. The topological polar surface area (TPSA) is 63.5 Å². The summed E-state index contributed by atoms with van der Waals surface area (Å²) in [6, 6.07) is 3.50. The molecule has 3 N–H and O–H groups in total. The highest BCUT2D eigenvalue weighted by Crippen LogP contribution is 2.22. The summed E-state index contributed by atoms with van der Waals surface area (Å²) in [6.45, 7) is 1.93. The molecular weight excluding hydrogens is 258 g/mol. The number of aromatic hydroxyl groups is 1. The Morgan fingerprint density at radius 3 is 3.00 bits per heavy atom. The lowest BCUT2D eigenvalue weighted by molar-refractivity contribution is 0.471. The third-order valence-electron chi connectivity index (χ3n) is 2.15. The van der Waals surface area contributed by atoms with Gasteiger partial charge in [0.15, 0.2) is 0 Å². The predicted molar refractivity (Wildman–Crippen MR) is 61.9 cm³/mol. The van der Waals surface area contributed by atoms with Crippen LogP contribution in [0.15, 0.2) is 22.9 Å². The van der Waals surface area contributed by atoms with Crippen molar-refractivity contribution < 1.29 is 5.11 Å². The van der Waals surface area contributed by atoms with Crippen molar-refractivity contribution in [3.8, 4) is 5.75 Å². The molecule has 0 radical (unpaired) electrons. The normalized spacial score (nSPS) is 13.3. The monoisotopic (exact) mass is 269 g/mol. The third-order valence-corrected chi connectivity index (χ3v) is 2.74. The van der Waals surface area contributed by atoms with Crippen LogP contribution in [0.3, 0.4) is 0 Å². The minimum Gasteiger partial charge on any atom is -0.506 e. The molecule has 2 aromatic heterocycles. The molecule has 0 saturated heterocycles. The zero-order chi connectivity index (χ0) is 11.0. The first-order chi connectivity index (χ1) is 7.08. The van der Waals surface area contributed by atoms with Crippen LogP contribution >= 0.6 is 15.9 Å². The molecular formula is C10H12BrN3O. The van der Waals surface area contributed by atoms with Gasteiger partial charge in [0.05, 0.1) is 11.7 Å². The van der Waals surface area contributed by atoms with Gasteiger partial charge in [-0.1, -0.05) is 0 Å². The first kappa shape index (κ1) is 10.4. The Balaban J connectivity index is 2.59. The van der Waals surface area contributed by atoms with Gasteiger partial charge >= 0.3 is 0 Å². The Hall–Kier alpha value is -1.07. The Morgan fingerprint density at radius 1 is 1.60 bits per heavy atom. The molecule has 2 aromatic rings. The van der Waals surface area contributed by atoms with Gasteiger partial charge in [-0.25, -0.2) is 4.98 Å². The second-order valence-electron chi connectivity index (χ2n) is 3.64. The van der Waals surface area contributed by atoms with E-state index in [4.69, 9.17) is 5.73 Å². The minimum absolute atomic E-state index is 0.0462. The van der Waals surface area contributed by atoms with E-state index in [1.165, 1.54) is 0 Å². The lowest BCUT2D eigenvalue weighted by Crippen LogP contribution is -2.19. The molecule has 0 aliphatic rings. The number of hydrogen-bond acceptors (Lipinski definition) is 3. The van der Waals surface area contributed by atoms with Crippen molar-refractivity contribution in [2.75, 3.05) is 0 Å². The molecule has 1 unspecified atom stereocenters. The van der Waals surface area contributed by atoms with E-state index in [0.717, 1.165) is 15.9 Å². The molecule has 0 saturated carbocycles. The molecule has 0 bridgehead atoms. The van der Waals surface area contributed by atoms with Crippen LogP contribution in [0.25, 0.3) is 5.52 Å². The van der Waals surface area contributed by atoms with E-state index in [9.17, 15) is 5.11 Å². The van der Waals surface area contributed by atoms with Crippen molar-refractivity contribution >= 4 is 21.4 Å². The van der Waals surface area contributed by atoms with Gasteiger partial charge in [-0.15, -0.1) is 0 Å². The fraction of sp³-hybridized carbons (Fsp3) is 0.300. The van der Waals surface area contributed by atoms with Crippen LogP contribution in [0.5, 0.6) is 5.75 Å². The summed E-state index contributed by atoms with van der Waals surface area (Å²) in [4.78, 5) is 4.36. The smallest absolute Gasteiger partial charge is 0.132 e. The Morgan fingerprint density at radius 2 is 2.33 bits per heavy atom. The average Bonchev–Trinajstić information content (AvgIpc) is 2.42. The summed E-state index contributed by atoms with van der Waals surface area (Å²) >= 11 is 3.38. The van der Waals surface area contributed by atoms with E-state index in [-0.39, 0.29) is 11.8 Å². The van der Waals surface area contributed by atoms with Crippen molar-refractivity contribution in [3.63, 3.8) is 0 Å². The minimum atomic E-state index is 0.0462. The van der Waals surface area contributed by atoms with Gasteiger partial charge in [-0.3, -0.25) is 4.40 Å². The summed E-state index contributed by atoms with van der Waals surface area (Å²) < 4.78 is 2.63. The Labute approximate surface area is 95.9 Å². The van der Waals surface area contributed by atoms with Crippen molar-refractivity contribution in [2.45, 2.75) is 19.4 Å². The quantitative estimate of drug-likeness (QED) is 0.872. The van der Waals surface area contributed by atoms with Gasteiger partial charge < -0.3 is 10.8 Å². The molecule has 15 heavy (non-hydrogen) atoms. The predicted octanol–water partition coefficient (Wildman–Crippen LogP) is 1.69. The van der Waals surface area contributed by atoms with E-state index in [0.29, 0.717) is 6.42 Å². The second-order valence-corrected chi connectivity index (χ2v) is 4.39. The number of fused-ring (bicyclic) bond motifs is 1. The molecule has 1 atom stereocenters. The lowest BCUT2D eigenvalue weighted by atomic mass is 10.2. The summed E-state index contributed by atoms with van der Waals surface area (Å²) in [5, 5.41) is 9.40. The molecule has 0 spiro atoms. The van der Waals surface area contributed by atoms with E-state index < -0.39 is 0 Å². The van der Waals surface area contributed by atoms with Crippen LogP contribution in [0.4, 0.5) is 0 Å². The van der Waals surface area contributed by atoms with Gasteiger partial charge in [-0.2, -0.15) is 0 Å². The van der Waals surface area contributed by atoms with E-state index in [1.807, 2.05) is 17.4 Å². The van der Waals surface area contributed by atoms with Crippen LogP contribution in [0.1, 0.15) is 12.7 Å². The Kier molecular flexibility index (Phi) is 2.67. The maximum atomic E-state index is 9.40. The largest absolute Gasteiger partial charge is 0.506 e. The van der Waals surface area contributed by atoms with E-state index >= 15 is 0 Å². The molecule has 0 fully saturated rings. The van der Waals surface area contributed by atoms with Crippen molar-refractivity contribution in [1.29, 1.82) is 0 Å². The summed E-state index contributed by atoms with van der Waals surface area (Å²) in [5.74, 6) is 1.07. The van der Waals surface area contributed by atoms with Crippen molar-refractivity contribution in [3.05, 3.63) is 28.8 Å². The molecule has 2 rings (SSSR count). The van der Waals surface area contributed by atoms with Crippen molar-refractivity contribution in [1.82, 2.24) is 9.38 Å². The molecule has 4 nitrogen and oxygen atoms in total. The molecule has 0 aliphatic carbocycles. The first-order valence-electron chi connectivity index (χ1n) is 4.69. The number of hydrogen-bond donors (Lipinski definition) is 2. The van der Waals surface area contributed by atoms with Gasteiger partial charge in [0.2, 0.25) is 0 Å². The molecule has 5 heteroatoms. The van der Waals surface area contributed by atoms with Crippen LogP contribution < -0.4 is 5.73 Å². The summed E-state index contributed by atoms with van der Waals surface area (Å²) in [5.41, 5.74) is 6.67. The average molecular weight is 270 g/mol. The highest BCUT2D eigenvalue weighted by molar-refractivity contribution is 9.10. The third kappa shape index (κ3) is 1.98. The fourth-order valence-electron chi connectivity index (χ4n) is 1.53.